The van der Waals surface area contributed by atoms with Crippen molar-refractivity contribution in [1.29, 1.82) is 5.26 Å². The predicted octanol–water partition coefficient (Wildman–Crippen LogP) is 5.18. The van der Waals surface area contributed by atoms with Crippen molar-refractivity contribution < 1.29 is 4.74 Å². The second-order valence-electron chi connectivity index (χ2n) is 10.1. The molecule has 1 saturated heterocycles. The monoisotopic (exact) mass is 441 g/mol. The minimum Gasteiger partial charge on any atom is -0.379 e. The van der Waals surface area contributed by atoms with Gasteiger partial charge in [0.15, 0.2) is 5.82 Å². The van der Waals surface area contributed by atoms with E-state index >= 15 is 0 Å². The number of benzene rings is 2. The summed E-state index contributed by atoms with van der Waals surface area (Å²) in [7, 11) is 0. The fraction of sp³-hybridized carbons (Fsp3) is 0.444. The maximum Gasteiger partial charge on any atom is 0.157 e. The van der Waals surface area contributed by atoms with E-state index in [2.05, 4.69) is 65.5 Å². The Labute approximate surface area is 195 Å². The molecule has 0 aliphatic carbocycles. The van der Waals surface area contributed by atoms with Crippen molar-refractivity contribution in [3.8, 4) is 6.07 Å². The summed E-state index contributed by atoms with van der Waals surface area (Å²) >= 11 is 0. The van der Waals surface area contributed by atoms with E-state index in [1.54, 1.807) is 0 Å². The van der Waals surface area contributed by atoms with Crippen LogP contribution in [-0.2, 0) is 10.2 Å². The Morgan fingerprint density at radius 2 is 2.03 bits per heavy atom. The van der Waals surface area contributed by atoms with Gasteiger partial charge in [-0.25, -0.2) is 0 Å². The van der Waals surface area contributed by atoms with Gasteiger partial charge in [0.1, 0.15) is 0 Å². The van der Waals surface area contributed by atoms with Gasteiger partial charge in [0.05, 0.1) is 36.0 Å². The first kappa shape index (κ1) is 21.7. The third kappa shape index (κ3) is 3.61. The largest absolute Gasteiger partial charge is 0.379 e. The van der Waals surface area contributed by atoms with Gasteiger partial charge in [0, 0.05) is 35.0 Å². The molecule has 1 aromatic heterocycles. The Balaban J connectivity index is 1.59. The van der Waals surface area contributed by atoms with Crippen LogP contribution < -0.4 is 10.2 Å². The highest BCUT2D eigenvalue weighted by Gasteiger charge is 2.39. The molecule has 0 amide bonds. The van der Waals surface area contributed by atoms with E-state index in [0.717, 1.165) is 59.6 Å². The van der Waals surface area contributed by atoms with E-state index in [9.17, 15) is 5.26 Å². The van der Waals surface area contributed by atoms with Crippen LogP contribution in [0.25, 0.3) is 10.8 Å². The molecule has 0 radical (unpaired) electrons. The number of rotatable bonds is 4. The molecule has 33 heavy (non-hydrogen) atoms. The number of ether oxygens (including phenoxy) is 1. The number of hydrogen-bond donors (Lipinski definition) is 1. The summed E-state index contributed by atoms with van der Waals surface area (Å²) in [5, 5.41) is 24.3. The van der Waals surface area contributed by atoms with Crippen LogP contribution in [0, 0.1) is 25.2 Å². The SMILES string of the molecule is Cc1c(C#N)cccc1[C@@H](C)Nc1nnc(C)c2cc3c(cc12)N(C1CCOC1)CC3(C)C. The minimum absolute atomic E-state index is 0.0115. The molecule has 3 aromatic rings. The Bertz CT molecular complexity index is 1270. The number of fused-ring (bicyclic) bond motifs is 2. The van der Waals surface area contributed by atoms with Crippen molar-refractivity contribution in [3.05, 3.63) is 58.3 Å². The summed E-state index contributed by atoms with van der Waals surface area (Å²) in [5.41, 5.74) is 6.46. The number of hydrogen-bond acceptors (Lipinski definition) is 6. The zero-order valence-corrected chi connectivity index (χ0v) is 20.1. The molecule has 6 nitrogen and oxygen atoms in total. The molecule has 2 aliphatic heterocycles. The minimum atomic E-state index is -0.0115. The average molecular weight is 442 g/mol. The van der Waals surface area contributed by atoms with Crippen LogP contribution in [0.4, 0.5) is 11.5 Å². The number of anilines is 2. The summed E-state index contributed by atoms with van der Waals surface area (Å²) in [6, 6.07) is 13.2. The van der Waals surface area contributed by atoms with Gasteiger partial charge < -0.3 is 15.0 Å². The lowest BCUT2D eigenvalue weighted by molar-refractivity contribution is 0.193. The lowest BCUT2D eigenvalue weighted by Gasteiger charge is -2.27. The molecule has 1 N–H and O–H groups in total. The van der Waals surface area contributed by atoms with Crippen LogP contribution in [0.15, 0.2) is 30.3 Å². The van der Waals surface area contributed by atoms with Crippen LogP contribution in [0.3, 0.4) is 0 Å². The van der Waals surface area contributed by atoms with Crippen LogP contribution in [-0.4, -0.2) is 36.0 Å². The first-order valence-electron chi connectivity index (χ1n) is 11.7. The molecule has 3 heterocycles. The second kappa shape index (κ2) is 8.00. The van der Waals surface area contributed by atoms with E-state index in [0.29, 0.717) is 11.6 Å². The fourth-order valence-corrected chi connectivity index (χ4v) is 5.42. The van der Waals surface area contributed by atoms with Crippen molar-refractivity contribution in [2.24, 2.45) is 0 Å². The maximum absolute atomic E-state index is 9.43. The lowest BCUT2D eigenvalue weighted by Crippen LogP contribution is -2.37. The van der Waals surface area contributed by atoms with Crippen molar-refractivity contribution in [2.75, 3.05) is 30.0 Å². The smallest absolute Gasteiger partial charge is 0.157 e. The molecular weight excluding hydrogens is 410 g/mol. The number of nitriles is 1. The van der Waals surface area contributed by atoms with Gasteiger partial charge in [-0.3, -0.25) is 0 Å². The third-order valence-corrected chi connectivity index (χ3v) is 7.35. The maximum atomic E-state index is 9.43. The molecule has 0 spiro atoms. The number of nitrogens with one attached hydrogen (secondary N) is 1. The van der Waals surface area contributed by atoms with Gasteiger partial charge >= 0.3 is 0 Å². The molecule has 0 bridgehead atoms. The van der Waals surface area contributed by atoms with Crippen LogP contribution >= 0.6 is 0 Å². The fourth-order valence-electron chi connectivity index (χ4n) is 5.42. The van der Waals surface area contributed by atoms with Crippen molar-refractivity contribution in [2.45, 2.75) is 58.5 Å². The first-order valence-corrected chi connectivity index (χ1v) is 11.7. The Hall–Kier alpha value is -3.17. The summed E-state index contributed by atoms with van der Waals surface area (Å²) in [5.74, 6) is 0.778. The molecule has 2 aromatic carbocycles. The zero-order chi connectivity index (χ0) is 23.3. The molecule has 1 unspecified atom stereocenters. The summed E-state index contributed by atoms with van der Waals surface area (Å²) < 4.78 is 5.72. The topological polar surface area (TPSA) is 74.1 Å². The molecule has 6 heteroatoms. The third-order valence-electron chi connectivity index (χ3n) is 7.35. The van der Waals surface area contributed by atoms with Crippen molar-refractivity contribution in [3.63, 3.8) is 0 Å². The Morgan fingerprint density at radius 1 is 1.21 bits per heavy atom. The van der Waals surface area contributed by atoms with E-state index < -0.39 is 0 Å². The molecule has 2 atom stereocenters. The van der Waals surface area contributed by atoms with Crippen molar-refractivity contribution in [1.82, 2.24) is 10.2 Å². The van der Waals surface area contributed by atoms with E-state index in [4.69, 9.17) is 4.74 Å². The summed E-state index contributed by atoms with van der Waals surface area (Å²) in [6.07, 6.45) is 1.07. The van der Waals surface area contributed by atoms with E-state index in [1.807, 2.05) is 26.0 Å². The van der Waals surface area contributed by atoms with Gasteiger partial charge in [-0.1, -0.05) is 26.0 Å². The molecule has 2 aliphatic rings. The van der Waals surface area contributed by atoms with Crippen LogP contribution in [0.5, 0.6) is 0 Å². The van der Waals surface area contributed by atoms with Crippen LogP contribution in [0.1, 0.15) is 61.2 Å². The molecule has 0 saturated carbocycles. The highest BCUT2D eigenvalue weighted by molar-refractivity contribution is 5.97. The molecule has 170 valence electrons. The normalized spacial score (nSPS) is 20.0. The Kier molecular flexibility index (Phi) is 5.25. The van der Waals surface area contributed by atoms with Gasteiger partial charge in [-0.2, -0.15) is 10.4 Å². The van der Waals surface area contributed by atoms with Crippen molar-refractivity contribution >= 4 is 22.3 Å². The quantitative estimate of drug-likeness (QED) is 0.601. The van der Waals surface area contributed by atoms with Gasteiger partial charge in [0.2, 0.25) is 0 Å². The van der Waals surface area contributed by atoms with E-state index in [-0.39, 0.29) is 11.5 Å². The van der Waals surface area contributed by atoms with Gasteiger partial charge in [-0.15, -0.1) is 5.10 Å². The Morgan fingerprint density at radius 3 is 2.76 bits per heavy atom. The average Bonchev–Trinajstić information content (AvgIpc) is 3.41. The highest BCUT2D eigenvalue weighted by Crippen LogP contribution is 2.45. The first-order chi connectivity index (χ1) is 15.8. The van der Waals surface area contributed by atoms with Gasteiger partial charge in [-0.05, 0) is 62.1 Å². The number of nitrogens with zero attached hydrogens (tertiary/aromatic N) is 4. The number of aromatic nitrogens is 2. The zero-order valence-electron chi connectivity index (χ0n) is 20.1. The lowest BCUT2D eigenvalue weighted by atomic mass is 9.86. The number of aryl methyl sites for hydroxylation is 1. The predicted molar refractivity (Wildman–Crippen MR) is 132 cm³/mol. The summed E-state index contributed by atoms with van der Waals surface area (Å²) in [4.78, 5) is 2.53. The highest BCUT2D eigenvalue weighted by atomic mass is 16.5. The molecule has 1 fully saturated rings. The summed E-state index contributed by atoms with van der Waals surface area (Å²) in [6.45, 7) is 13.4. The van der Waals surface area contributed by atoms with Gasteiger partial charge in [0.25, 0.3) is 0 Å². The van der Waals surface area contributed by atoms with E-state index in [1.165, 1.54) is 11.3 Å². The molecule has 5 rings (SSSR count). The van der Waals surface area contributed by atoms with Crippen LogP contribution in [0.2, 0.25) is 0 Å². The standard InChI is InChI=1S/C27H31N5O/c1-16-19(13-28)7-6-8-21(16)17(2)29-26-23-12-25-24(11-22(23)18(3)30-31-26)27(4,5)15-32(25)20-9-10-33-14-20/h6-8,11-12,17,20H,9-10,14-15H2,1-5H3,(H,29,31)/t17-,20?/m1/s1. The molecular formula is C27H31N5O. The second-order valence-corrected chi connectivity index (χ2v) is 10.1.